The zero-order chi connectivity index (χ0) is 19.3. The van der Waals surface area contributed by atoms with Crippen LogP contribution in [0.5, 0.6) is 0 Å². The second kappa shape index (κ2) is 8.71. The van der Waals surface area contributed by atoms with Crippen LogP contribution in [0, 0.1) is 0 Å². The molecule has 0 saturated heterocycles. The molecule has 2 rings (SSSR count). The monoisotopic (exact) mass is 379 g/mol. The van der Waals surface area contributed by atoms with Crippen molar-refractivity contribution in [2.24, 2.45) is 7.05 Å². The van der Waals surface area contributed by atoms with Gasteiger partial charge in [-0.3, -0.25) is 9.48 Å². The molecule has 0 aliphatic rings. The minimum atomic E-state index is -1.06. The van der Waals surface area contributed by atoms with Gasteiger partial charge in [0.1, 0.15) is 11.8 Å². The van der Waals surface area contributed by atoms with Gasteiger partial charge in [0.15, 0.2) is 0 Å². The lowest BCUT2D eigenvalue weighted by atomic mass is 9.98. The highest BCUT2D eigenvalue weighted by Crippen LogP contribution is 2.32. The maximum absolute atomic E-state index is 12.2. The van der Waals surface area contributed by atoms with Crippen molar-refractivity contribution in [3.63, 3.8) is 0 Å². The molecule has 0 radical (unpaired) electrons. The number of carboxylic acid groups (broad SMARTS) is 1. The highest BCUT2D eigenvalue weighted by atomic mass is 35.5. The average Bonchev–Trinajstić information content (AvgIpc) is 2.88. The number of carbonyl (C=O) groups excluding carboxylic acids is 1. The molecule has 1 heterocycles. The van der Waals surface area contributed by atoms with Crippen LogP contribution in [0.4, 0.5) is 4.79 Å². The Hall–Kier alpha value is -2.54. The predicted octanol–water partition coefficient (Wildman–Crippen LogP) is 3.64. The summed E-state index contributed by atoms with van der Waals surface area (Å²) < 4.78 is 6.67. The van der Waals surface area contributed by atoms with Gasteiger partial charge in [0, 0.05) is 12.6 Å². The van der Waals surface area contributed by atoms with Crippen molar-refractivity contribution in [2.45, 2.75) is 38.8 Å². The SMILES string of the molecule is CC(C)c1nn(C)c(Cl)c1[C@H](CC(=O)O)NC(=O)OCc1ccccc1. The molecule has 0 aliphatic carbocycles. The van der Waals surface area contributed by atoms with E-state index in [1.165, 1.54) is 4.68 Å². The van der Waals surface area contributed by atoms with E-state index in [0.717, 1.165) is 5.56 Å². The molecule has 0 aliphatic heterocycles. The Balaban J connectivity index is 2.17. The molecule has 1 amide bonds. The largest absolute Gasteiger partial charge is 0.481 e. The molecule has 26 heavy (non-hydrogen) atoms. The van der Waals surface area contributed by atoms with Crippen LogP contribution < -0.4 is 5.32 Å². The van der Waals surface area contributed by atoms with Gasteiger partial charge in [0.25, 0.3) is 0 Å². The van der Waals surface area contributed by atoms with Crippen LogP contribution in [0.15, 0.2) is 30.3 Å². The van der Waals surface area contributed by atoms with Crippen LogP contribution in [0.2, 0.25) is 5.15 Å². The molecule has 2 N–H and O–H groups in total. The summed E-state index contributed by atoms with van der Waals surface area (Å²) >= 11 is 6.31. The smallest absolute Gasteiger partial charge is 0.407 e. The number of carboxylic acids is 1. The number of halogens is 1. The summed E-state index contributed by atoms with van der Waals surface area (Å²) in [6.45, 7) is 3.94. The summed E-state index contributed by atoms with van der Waals surface area (Å²) in [5, 5.41) is 16.5. The van der Waals surface area contributed by atoms with Gasteiger partial charge in [-0.15, -0.1) is 0 Å². The number of aliphatic carboxylic acids is 1. The molecule has 0 fully saturated rings. The lowest BCUT2D eigenvalue weighted by Gasteiger charge is -2.18. The van der Waals surface area contributed by atoms with Crippen LogP contribution in [-0.2, 0) is 23.2 Å². The second-order valence-corrected chi connectivity index (χ2v) is 6.58. The first-order valence-corrected chi connectivity index (χ1v) is 8.58. The number of rotatable bonds is 7. The molecule has 0 unspecified atom stereocenters. The average molecular weight is 380 g/mol. The van der Waals surface area contributed by atoms with Gasteiger partial charge in [-0.2, -0.15) is 5.10 Å². The van der Waals surface area contributed by atoms with Crippen LogP contribution in [0.25, 0.3) is 0 Å². The van der Waals surface area contributed by atoms with Crippen LogP contribution in [0.1, 0.15) is 49.0 Å². The normalized spacial score (nSPS) is 12.0. The number of hydrogen-bond donors (Lipinski definition) is 2. The third kappa shape index (κ3) is 4.98. The highest BCUT2D eigenvalue weighted by Gasteiger charge is 2.28. The Morgan fingerprint density at radius 3 is 2.54 bits per heavy atom. The van der Waals surface area contributed by atoms with Gasteiger partial charge in [-0.25, -0.2) is 4.79 Å². The molecule has 8 heteroatoms. The Bertz CT molecular complexity index is 774. The van der Waals surface area contributed by atoms with Crippen molar-refractivity contribution in [3.05, 3.63) is 52.3 Å². The number of aromatic nitrogens is 2. The number of alkyl carbamates (subject to hydrolysis) is 1. The van der Waals surface area contributed by atoms with E-state index in [1.807, 2.05) is 44.2 Å². The maximum atomic E-state index is 12.2. The highest BCUT2D eigenvalue weighted by molar-refractivity contribution is 6.30. The summed E-state index contributed by atoms with van der Waals surface area (Å²) in [6.07, 6.45) is -1.04. The standard InChI is InChI=1S/C18H22ClN3O4/c1-11(2)16-15(17(19)22(3)21-16)13(9-14(23)24)20-18(25)26-10-12-7-5-4-6-8-12/h4-8,11,13H,9-10H2,1-3H3,(H,20,25)(H,23,24)/t13-/m0/s1. The number of ether oxygens (including phenoxy) is 1. The van der Waals surface area contributed by atoms with Crippen molar-refractivity contribution in [2.75, 3.05) is 0 Å². The van der Waals surface area contributed by atoms with E-state index >= 15 is 0 Å². The second-order valence-electron chi connectivity index (χ2n) is 6.22. The van der Waals surface area contributed by atoms with E-state index in [9.17, 15) is 14.7 Å². The Labute approximate surface area is 156 Å². The zero-order valence-corrected chi connectivity index (χ0v) is 15.7. The zero-order valence-electron chi connectivity index (χ0n) is 14.9. The summed E-state index contributed by atoms with van der Waals surface area (Å²) in [7, 11) is 1.67. The summed E-state index contributed by atoms with van der Waals surface area (Å²) in [6, 6.07) is 8.37. The molecular weight excluding hydrogens is 358 g/mol. The first kappa shape index (κ1) is 19.8. The topological polar surface area (TPSA) is 93.5 Å². The van der Waals surface area contributed by atoms with Crippen LogP contribution in [-0.4, -0.2) is 26.9 Å². The van der Waals surface area contributed by atoms with Crippen LogP contribution >= 0.6 is 11.6 Å². The lowest BCUT2D eigenvalue weighted by Crippen LogP contribution is -2.31. The van der Waals surface area contributed by atoms with E-state index in [0.29, 0.717) is 16.4 Å². The number of carbonyl (C=O) groups is 2. The van der Waals surface area contributed by atoms with E-state index in [4.69, 9.17) is 16.3 Å². The molecule has 0 bridgehead atoms. The van der Waals surface area contributed by atoms with E-state index in [1.54, 1.807) is 7.05 Å². The molecular formula is C18H22ClN3O4. The van der Waals surface area contributed by atoms with E-state index in [-0.39, 0.29) is 18.9 Å². The first-order valence-electron chi connectivity index (χ1n) is 8.20. The summed E-state index contributed by atoms with van der Waals surface area (Å²) in [5.74, 6) is -1.05. The number of nitrogens with one attached hydrogen (secondary N) is 1. The lowest BCUT2D eigenvalue weighted by molar-refractivity contribution is -0.137. The fraction of sp³-hybridized carbons (Fsp3) is 0.389. The number of hydrogen-bond acceptors (Lipinski definition) is 4. The minimum absolute atomic E-state index is 0.0159. The Morgan fingerprint density at radius 1 is 1.31 bits per heavy atom. The summed E-state index contributed by atoms with van der Waals surface area (Å²) in [5.41, 5.74) is 1.98. The van der Waals surface area contributed by atoms with E-state index in [2.05, 4.69) is 10.4 Å². The van der Waals surface area contributed by atoms with Crippen LogP contribution in [0.3, 0.4) is 0 Å². The number of benzene rings is 1. The number of nitrogens with zero attached hydrogens (tertiary/aromatic N) is 2. The van der Waals surface area contributed by atoms with Gasteiger partial charge in [-0.1, -0.05) is 55.8 Å². The van der Waals surface area contributed by atoms with E-state index < -0.39 is 18.1 Å². The van der Waals surface area contributed by atoms with Crippen molar-refractivity contribution in [3.8, 4) is 0 Å². The molecule has 1 aromatic carbocycles. The quantitative estimate of drug-likeness (QED) is 0.766. The van der Waals surface area contributed by atoms with Crippen molar-refractivity contribution >= 4 is 23.7 Å². The Morgan fingerprint density at radius 2 is 1.96 bits per heavy atom. The fourth-order valence-electron chi connectivity index (χ4n) is 2.60. The first-order chi connectivity index (χ1) is 12.3. The van der Waals surface area contributed by atoms with Gasteiger partial charge in [0.05, 0.1) is 18.2 Å². The maximum Gasteiger partial charge on any atom is 0.407 e. The van der Waals surface area contributed by atoms with Gasteiger partial charge in [0.2, 0.25) is 0 Å². The molecule has 2 aromatic rings. The van der Waals surface area contributed by atoms with Gasteiger partial charge in [-0.05, 0) is 11.5 Å². The molecule has 0 saturated carbocycles. The molecule has 1 atom stereocenters. The Kier molecular flexibility index (Phi) is 6.63. The minimum Gasteiger partial charge on any atom is -0.481 e. The predicted molar refractivity (Wildman–Crippen MR) is 97.1 cm³/mol. The molecule has 0 spiro atoms. The molecule has 7 nitrogen and oxygen atoms in total. The van der Waals surface area contributed by atoms with Gasteiger partial charge >= 0.3 is 12.1 Å². The fourth-order valence-corrected chi connectivity index (χ4v) is 2.86. The number of amides is 1. The van der Waals surface area contributed by atoms with Gasteiger partial charge < -0.3 is 15.2 Å². The third-order valence-electron chi connectivity index (χ3n) is 3.82. The third-order valence-corrected chi connectivity index (χ3v) is 4.27. The van der Waals surface area contributed by atoms with Crippen molar-refractivity contribution < 1.29 is 19.4 Å². The molecule has 140 valence electrons. The number of aryl methyl sites for hydroxylation is 1. The van der Waals surface area contributed by atoms with Crippen molar-refractivity contribution in [1.29, 1.82) is 0 Å². The summed E-state index contributed by atoms with van der Waals surface area (Å²) in [4.78, 5) is 23.5. The molecule has 1 aromatic heterocycles. The van der Waals surface area contributed by atoms with Crippen molar-refractivity contribution in [1.82, 2.24) is 15.1 Å².